The maximum absolute atomic E-state index is 10.5. The Morgan fingerprint density at radius 2 is 2.23 bits per heavy atom. The van der Waals surface area contributed by atoms with Gasteiger partial charge in [-0.25, -0.2) is 0 Å². The van der Waals surface area contributed by atoms with Crippen molar-refractivity contribution in [2.45, 2.75) is 6.04 Å². The quantitative estimate of drug-likeness (QED) is 0.822. The molecule has 5 heteroatoms. The highest BCUT2D eigenvalue weighted by Gasteiger charge is 2.14. The van der Waals surface area contributed by atoms with Gasteiger partial charge in [0.1, 0.15) is 6.04 Å². The van der Waals surface area contributed by atoms with Gasteiger partial charge in [0.2, 0.25) is 0 Å². The molecule has 0 spiro atoms. The minimum absolute atomic E-state index is 0.512. The number of halogens is 2. The van der Waals surface area contributed by atoms with Gasteiger partial charge in [0, 0.05) is 3.57 Å². The zero-order valence-corrected chi connectivity index (χ0v) is 9.41. The van der Waals surface area contributed by atoms with E-state index < -0.39 is 12.0 Å². The van der Waals surface area contributed by atoms with Gasteiger partial charge in [-0.05, 0) is 40.3 Å². The van der Waals surface area contributed by atoms with E-state index in [4.69, 9.17) is 22.4 Å². The Hall–Kier alpha value is -0.330. The molecule has 1 aromatic rings. The third-order valence-electron chi connectivity index (χ3n) is 1.57. The van der Waals surface area contributed by atoms with Crippen LogP contribution in [0, 0.1) is 3.57 Å². The summed E-state index contributed by atoms with van der Waals surface area (Å²) in [4.78, 5) is 10.5. The number of hydrogen-bond donors (Lipinski definition) is 2. The van der Waals surface area contributed by atoms with Crippen molar-refractivity contribution < 1.29 is 9.90 Å². The third kappa shape index (κ3) is 2.55. The standard InChI is InChI=1S/C8H7ClINO2/c9-5-3-4(1-2-6(5)10)7(11)8(12)13/h1-3,7H,11H2,(H,12,13). The van der Waals surface area contributed by atoms with Crippen molar-refractivity contribution in [3.05, 3.63) is 32.4 Å². The molecule has 0 aliphatic heterocycles. The smallest absolute Gasteiger partial charge is 0.325 e. The monoisotopic (exact) mass is 311 g/mol. The summed E-state index contributed by atoms with van der Waals surface area (Å²) < 4.78 is 0.876. The van der Waals surface area contributed by atoms with E-state index in [1.807, 2.05) is 0 Å². The minimum Gasteiger partial charge on any atom is -0.480 e. The number of carbonyl (C=O) groups is 1. The molecule has 0 aromatic heterocycles. The van der Waals surface area contributed by atoms with Crippen molar-refractivity contribution >= 4 is 40.2 Å². The Morgan fingerprint density at radius 3 is 2.69 bits per heavy atom. The van der Waals surface area contributed by atoms with Crippen LogP contribution < -0.4 is 5.73 Å². The van der Waals surface area contributed by atoms with Crippen molar-refractivity contribution in [1.29, 1.82) is 0 Å². The van der Waals surface area contributed by atoms with E-state index >= 15 is 0 Å². The van der Waals surface area contributed by atoms with E-state index in [0.29, 0.717) is 10.6 Å². The Balaban J connectivity index is 3.03. The summed E-state index contributed by atoms with van der Waals surface area (Å²) in [5.41, 5.74) is 5.91. The fourth-order valence-corrected chi connectivity index (χ4v) is 1.37. The van der Waals surface area contributed by atoms with Crippen molar-refractivity contribution in [3.8, 4) is 0 Å². The molecule has 0 fully saturated rings. The summed E-state index contributed by atoms with van der Waals surface area (Å²) in [5, 5.41) is 9.15. The first-order chi connectivity index (χ1) is 6.02. The van der Waals surface area contributed by atoms with Crippen LogP contribution in [0.1, 0.15) is 11.6 Å². The van der Waals surface area contributed by atoms with Crippen LogP contribution in [0.5, 0.6) is 0 Å². The van der Waals surface area contributed by atoms with Crippen LogP contribution in [0.4, 0.5) is 0 Å². The minimum atomic E-state index is -1.06. The number of carboxylic acid groups (broad SMARTS) is 1. The maximum Gasteiger partial charge on any atom is 0.325 e. The molecule has 1 atom stereocenters. The topological polar surface area (TPSA) is 63.3 Å². The van der Waals surface area contributed by atoms with E-state index in [1.54, 1.807) is 18.2 Å². The molecule has 3 nitrogen and oxygen atoms in total. The molecule has 1 rings (SSSR count). The van der Waals surface area contributed by atoms with Gasteiger partial charge in [-0.2, -0.15) is 0 Å². The fraction of sp³-hybridized carbons (Fsp3) is 0.125. The normalized spacial score (nSPS) is 12.5. The van der Waals surface area contributed by atoms with Crippen LogP contribution in [-0.2, 0) is 4.79 Å². The van der Waals surface area contributed by atoms with Gasteiger partial charge < -0.3 is 10.8 Å². The van der Waals surface area contributed by atoms with Crippen molar-refractivity contribution in [1.82, 2.24) is 0 Å². The summed E-state index contributed by atoms with van der Waals surface area (Å²) in [5.74, 6) is -1.06. The second kappa shape index (κ2) is 4.26. The number of carboxylic acids is 1. The number of hydrogen-bond acceptors (Lipinski definition) is 2. The fourth-order valence-electron chi connectivity index (χ4n) is 0.848. The largest absolute Gasteiger partial charge is 0.480 e. The van der Waals surface area contributed by atoms with Crippen LogP contribution in [0.25, 0.3) is 0 Å². The average Bonchev–Trinajstić information content (AvgIpc) is 2.08. The summed E-state index contributed by atoms with van der Waals surface area (Å²) in [6.07, 6.45) is 0. The van der Waals surface area contributed by atoms with Crippen LogP contribution in [0.2, 0.25) is 5.02 Å². The van der Waals surface area contributed by atoms with Crippen molar-refractivity contribution in [2.75, 3.05) is 0 Å². The summed E-state index contributed by atoms with van der Waals surface area (Å²) in [6, 6.07) is 3.96. The van der Waals surface area contributed by atoms with Crippen LogP contribution in [0.3, 0.4) is 0 Å². The summed E-state index contributed by atoms with van der Waals surface area (Å²) in [7, 11) is 0. The predicted molar refractivity (Wildman–Crippen MR) is 58.7 cm³/mol. The zero-order valence-electron chi connectivity index (χ0n) is 6.50. The van der Waals surface area contributed by atoms with Gasteiger partial charge in [0.05, 0.1) is 5.02 Å². The molecule has 0 radical (unpaired) electrons. The molecule has 0 bridgehead atoms. The van der Waals surface area contributed by atoms with Crippen LogP contribution in [0.15, 0.2) is 18.2 Å². The number of aliphatic carboxylic acids is 1. The highest BCUT2D eigenvalue weighted by Crippen LogP contribution is 2.22. The van der Waals surface area contributed by atoms with E-state index in [2.05, 4.69) is 22.6 Å². The molecule has 3 N–H and O–H groups in total. The lowest BCUT2D eigenvalue weighted by molar-refractivity contribution is -0.138. The van der Waals surface area contributed by atoms with Crippen LogP contribution in [-0.4, -0.2) is 11.1 Å². The molecule has 1 aromatic carbocycles. The molecule has 0 amide bonds. The second-order valence-electron chi connectivity index (χ2n) is 2.49. The van der Waals surface area contributed by atoms with Crippen molar-refractivity contribution in [3.63, 3.8) is 0 Å². The highest BCUT2D eigenvalue weighted by molar-refractivity contribution is 14.1. The second-order valence-corrected chi connectivity index (χ2v) is 4.06. The molecule has 0 saturated heterocycles. The van der Waals surface area contributed by atoms with Gasteiger partial charge in [-0.1, -0.05) is 17.7 Å². The van der Waals surface area contributed by atoms with E-state index in [9.17, 15) is 4.79 Å². The molecule has 0 saturated carbocycles. The lowest BCUT2D eigenvalue weighted by atomic mass is 10.1. The lowest BCUT2D eigenvalue weighted by Gasteiger charge is -2.07. The first-order valence-electron chi connectivity index (χ1n) is 3.45. The van der Waals surface area contributed by atoms with Gasteiger partial charge in [-0.3, -0.25) is 4.79 Å². The Bertz CT molecular complexity index is 343. The highest BCUT2D eigenvalue weighted by atomic mass is 127. The SMILES string of the molecule is NC(C(=O)O)c1ccc(I)c(Cl)c1. The number of nitrogens with two attached hydrogens (primary N) is 1. The number of benzene rings is 1. The molecular weight excluding hydrogens is 304 g/mol. The number of rotatable bonds is 2. The average molecular weight is 312 g/mol. The van der Waals surface area contributed by atoms with E-state index in [-0.39, 0.29) is 0 Å². The molecule has 0 aliphatic carbocycles. The lowest BCUT2D eigenvalue weighted by Crippen LogP contribution is -2.20. The van der Waals surface area contributed by atoms with Gasteiger partial charge in [0.15, 0.2) is 0 Å². The summed E-state index contributed by atoms with van der Waals surface area (Å²) in [6.45, 7) is 0. The first-order valence-corrected chi connectivity index (χ1v) is 4.91. The molecular formula is C8H7ClINO2. The Kier molecular flexibility index (Phi) is 3.52. The first kappa shape index (κ1) is 10.7. The van der Waals surface area contributed by atoms with Gasteiger partial charge in [-0.15, -0.1) is 0 Å². The summed E-state index contributed by atoms with van der Waals surface area (Å²) >= 11 is 7.87. The molecule has 0 heterocycles. The van der Waals surface area contributed by atoms with Crippen molar-refractivity contribution in [2.24, 2.45) is 5.73 Å². The third-order valence-corrected chi connectivity index (χ3v) is 3.14. The maximum atomic E-state index is 10.5. The molecule has 1 unspecified atom stereocenters. The zero-order chi connectivity index (χ0) is 10.0. The molecule has 70 valence electrons. The van der Waals surface area contributed by atoms with Crippen LogP contribution >= 0.6 is 34.2 Å². The molecule has 0 aliphatic rings. The van der Waals surface area contributed by atoms with Gasteiger partial charge in [0.25, 0.3) is 0 Å². The molecule has 13 heavy (non-hydrogen) atoms. The Morgan fingerprint density at radius 1 is 1.62 bits per heavy atom. The Labute approximate surface area is 94.0 Å². The van der Waals surface area contributed by atoms with Gasteiger partial charge >= 0.3 is 5.97 Å². The van der Waals surface area contributed by atoms with E-state index in [1.165, 1.54) is 0 Å². The predicted octanol–water partition coefficient (Wildman–Crippen LogP) is 2.03. The van der Waals surface area contributed by atoms with E-state index in [0.717, 1.165) is 3.57 Å².